The lowest BCUT2D eigenvalue weighted by molar-refractivity contribution is -0.118. The molecule has 0 aliphatic rings. The molecule has 0 saturated carbocycles. The molecule has 2 aromatic carbocycles. The van der Waals surface area contributed by atoms with E-state index >= 15 is 0 Å². The molecule has 0 bridgehead atoms. The predicted molar refractivity (Wildman–Crippen MR) is 121 cm³/mol. The SMILES string of the molecule is CCN(CCNC(=O)CSc1nncn1-c1ccc(OC)cc1)c1ccccc1C. The highest BCUT2D eigenvalue weighted by molar-refractivity contribution is 7.99. The third-order valence-corrected chi connectivity index (χ3v) is 5.68. The number of carbonyl (C=O) groups is 1. The molecule has 7 nitrogen and oxygen atoms in total. The van der Waals surface area contributed by atoms with Gasteiger partial charge in [-0.3, -0.25) is 9.36 Å². The predicted octanol–water partition coefficient (Wildman–Crippen LogP) is 3.32. The molecule has 0 fully saturated rings. The minimum Gasteiger partial charge on any atom is -0.497 e. The lowest BCUT2D eigenvalue weighted by atomic mass is 10.2. The number of methoxy groups -OCH3 is 1. The highest BCUT2D eigenvalue weighted by Gasteiger charge is 2.11. The Labute approximate surface area is 181 Å². The average Bonchev–Trinajstić information content (AvgIpc) is 3.25. The Bertz CT molecular complexity index is 958. The number of benzene rings is 2. The second-order valence-corrected chi connectivity index (χ2v) is 7.63. The van der Waals surface area contributed by atoms with Gasteiger partial charge in [-0.15, -0.1) is 10.2 Å². The summed E-state index contributed by atoms with van der Waals surface area (Å²) in [5.41, 5.74) is 3.36. The number of hydrogen-bond acceptors (Lipinski definition) is 6. The van der Waals surface area contributed by atoms with E-state index in [2.05, 4.69) is 46.4 Å². The summed E-state index contributed by atoms with van der Waals surface area (Å²) in [6.45, 7) is 6.47. The number of nitrogens with zero attached hydrogens (tertiary/aromatic N) is 4. The Morgan fingerprint density at radius 1 is 1.20 bits per heavy atom. The van der Waals surface area contributed by atoms with Gasteiger partial charge in [0.2, 0.25) is 5.91 Å². The van der Waals surface area contributed by atoms with Crippen molar-refractivity contribution in [2.75, 3.05) is 37.4 Å². The average molecular weight is 426 g/mol. The number of aromatic nitrogens is 3. The van der Waals surface area contributed by atoms with E-state index in [0.29, 0.717) is 11.7 Å². The van der Waals surface area contributed by atoms with Crippen molar-refractivity contribution in [3.63, 3.8) is 0 Å². The zero-order chi connectivity index (χ0) is 21.3. The number of aryl methyl sites for hydroxylation is 1. The summed E-state index contributed by atoms with van der Waals surface area (Å²) in [6.07, 6.45) is 1.64. The Morgan fingerprint density at radius 3 is 2.67 bits per heavy atom. The lowest BCUT2D eigenvalue weighted by Crippen LogP contribution is -2.36. The number of hydrogen-bond donors (Lipinski definition) is 1. The van der Waals surface area contributed by atoms with Crippen molar-refractivity contribution in [2.24, 2.45) is 0 Å². The summed E-state index contributed by atoms with van der Waals surface area (Å²) in [5.74, 6) is 1.04. The quantitative estimate of drug-likeness (QED) is 0.503. The largest absolute Gasteiger partial charge is 0.497 e. The molecule has 3 rings (SSSR count). The van der Waals surface area contributed by atoms with Gasteiger partial charge < -0.3 is 15.0 Å². The number of amides is 1. The summed E-state index contributed by atoms with van der Waals surface area (Å²) in [5, 5.41) is 11.8. The van der Waals surface area contributed by atoms with E-state index in [4.69, 9.17) is 4.74 Å². The van der Waals surface area contributed by atoms with Gasteiger partial charge >= 0.3 is 0 Å². The first-order valence-electron chi connectivity index (χ1n) is 9.87. The molecule has 0 radical (unpaired) electrons. The van der Waals surface area contributed by atoms with Crippen LogP contribution in [0.1, 0.15) is 12.5 Å². The van der Waals surface area contributed by atoms with Crippen LogP contribution in [0.15, 0.2) is 60.0 Å². The number of thioether (sulfide) groups is 1. The molecule has 0 aliphatic heterocycles. The standard InChI is InChI=1S/C22H27N5O2S/c1-4-26(20-8-6-5-7-17(20)2)14-13-23-21(28)15-30-22-25-24-16-27(22)18-9-11-19(29-3)12-10-18/h5-12,16H,4,13-15H2,1-3H3,(H,23,28). The third-order valence-electron chi connectivity index (χ3n) is 4.74. The van der Waals surface area contributed by atoms with Crippen molar-refractivity contribution in [2.45, 2.75) is 19.0 Å². The molecule has 158 valence electrons. The number of para-hydroxylation sites is 1. The second-order valence-electron chi connectivity index (χ2n) is 6.69. The summed E-state index contributed by atoms with van der Waals surface area (Å²) in [6, 6.07) is 15.9. The van der Waals surface area contributed by atoms with E-state index in [1.54, 1.807) is 13.4 Å². The van der Waals surface area contributed by atoms with Gasteiger partial charge in [-0.25, -0.2) is 0 Å². The molecule has 1 amide bonds. The highest BCUT2D eigenvalue weighted by Crippen LogP contribution is 2.21. The van der Waals surface area contributed by atoms with E-state index in [-0.39, 0.29) is 11.7 Å². The lowest BCUT2D eigenvalue weighted by Gasteiger charge is -2.25. The Kier molecular flexibility index (Phi) is 7.73. The molecule has 1 aromatic heterocycles. The topological polar surface area (TPSA) is 72.3 Å². The van der Waals surface area contributed by atoms with Crippen molar-refractivity contribution in [3.05, 3.63) is 60.4 Å². The van der Waals surface area contributed by atoms with Gasteiger partial charge in [0.05, 0.1) is 12.9 Å². The van der Waals surface area contributed by atoms with Crippen molar-refractivity contribution in [1.82, 2.24) is 20.1 Å². The molecular formula is C22H27N5O2S. The smallest absolute Gasteiger partial charge is 0.230 e. The van der Waals surface area contributed by atoms with Crippen molar-refractivity contribution >= 4 is 23.4 Å². The number of rotatable bonds is 10. The van der Waals surface area contributed by atoms with Crippen LogP contribution in [0, 0.1) is 6.92 Å². The fourth-order valence-electron chi connectivity index (χ4n) is 3.12. The van der Waals surface area contributed by atoms with E-state index in [9.17, 15) is 4.79 Å². The fraction of sp³-hybridized carbons (Fsp3) is 0.318. The normalized spacial score (nSPS) is 10.6. The molecule has 1 N–H and O–H groups in total. The minimum atomic E-state index is -0.0230. The maximum Gasteiger partial charge on any atom is 0.230 e. The maximum absolute atomic E-state index is 12.3. The first kappa shape index (κ1) is 21.7. The zero-order valence-electron chi connectivity index (χ0n) is 17.5. The summed E-state index contributed by atoms with van der Waals surface area (Å²) >= 11 is 1.36. The zero-order valence-corrected chi connectivity index (χ0v) is 18.4. The molecule has 0 spiro atoms. The van der Waals surface area contributed by atoms with Crippen molar-refractivity contribution in [1.29, 1.82) is 0 Å². The van der Waals surface area contributed by atoms with E-state index in [1.807, 2.05) is 41.0 Å². The van der Waals surface area contributed by atoms with Gasteiger partial charge in [0, 0.05) is 31.0 Å². The summed E-state index contributed by atoms with van der Waals surface area (Å²) in [4.78, 5) is 14.6. The number of likely N-dealkylation sites (N-methyl/N-ethyl adjacent to an activating group) is 1. The number of nitrogens with one attached hydrogen (secondary N) is 1. The molecule has 0 unspecified atom stereocenters. The van der Waals surface area contributed by atoms with Gasteiger partial charge in [0.15, 0.2) is 5.16 Å². The van der Waals surface area contributed by atoms with Crippen LogP contribution in [0.25, 0.3) is 5.69 Å². The van der Waals surface area contributed by atoms with Crippen LogP contribution in [0.4, 0.5) is 5.69 Å². The van der Waals surface area contributed by atoms with Crippen LogP contribution >= 0.6 is 11.8 Å². The molecule has 0 aliphatic carbocycles. The number of anilines is 1. The second kappa shape index (κ2) is 10.7. The Morgan fingerprint density at radius 2 is 1.97 bits per heavy atom. The van der Waals surface area contributed by atoms with Gasteiger partial charge in [0.25, 0.3) is 0 Å². The van der Waals surface area contributed by atoms with Crippen molar-refractivity contribution in [3.8, 4) is 11.4 Å². The molecule has 3 aromatic rings. The van der Waals surface area contributed by atoms with E-state index in [1.165, 1.54) is 23.0 Å². The molecule has 0 atom stereocenters. The van der Waals surface area contributed by atoms with Gasteiger partial charge in [-0.05, 0) is 49.7 Å². The number of ether oxygens (including phenoxy) is 1. The van der Waals surface area contributed by atoms with Crippen molar-refractivity contribution < 1.29 is 9.53 Å². The summed E-state index contributed by atoms with van der Waals surface area (Å²) < 4.78 is 7.05. The van der Waals surface area contributed by atoms with Gasteiger partial charge in [-0.1, -0.05) is 30.0 Å². The molecule has 30 heavy (non-hydrogen) atoms. The Balaban J connectivity index is 1.49. The van der Waals surface area contributed by atoms with Crippen LogP contribution in [0.3, 0.4) is 0 Å². The van der Waals surface area contributed by atoms with Gasteiger partial charge in [-0.2, -0.15) is 0 Å². The third kappa shape index (κ3) is 5.54. The summed E-state index contributed by atoms with van der Waals surface area (Å²) in [7, 11) is 1.63. The van der Waals surface area contributed by atoms with Crippen LogP contribution in [-0.2, 0) is 4.79 Å². The fourth-order valence-corrected chi connectivity index (χ4v) is 3.88. The van der Waals surface area contributed by atoms with Crippen LogP contribution < -0.4 is 15.0 Å². The number of carbonyl (C=O) groups excluding carboxylic acids is 1. The van der Waals surface area contributed by atoms with Crippen LogP contribution in [-0.4, -0.2) is 53.2 Å². The minimum absolute atomic E-state index is 0.0230. The van der Waals surface area contributed by atoms with E-state index < -0.39 is 0 Å². The van der Waals surface area contributed by atoms with Crippen LogP contribution in [0.2, 0.25) is 0 Å². The van der Waals surface area contributed by atoms with Gasteiger partial charge in [0.1, 0.15) is 12.1 Å². The van der Waals surface area contributed by atoms with E-state index in [0.717, 1.165) is 24.5 Å². The first-order valence-corrected chi connectivity index (χ1v) is 10.9. The maximum atomic E-state index is 12.3. The molecule has 8 heteroatoms. The monoisotopic (exact) mass is 425 g/mol. The van der Waals surface area contributed by atoms with Crippen LogP contribution in [0.5, 0.6) is 5.75 Å². The highest BCUT2D eigenvalue weighted by atomic mass is 32.2. The molecule has 1 heterocycles. The Hall–Kier alpha value is -3.00. The molecule has 0 saturated heterocycles. The molecular weight excluding hydrogens is 398 g/mol. The first-order chi connectivity index (χ1) is 14.6.